The van der Waals surface area contributed by atoms with Crippen molar-refractivity contribution in [1.29, 1.82) is 0 Å². The van der Waals surface area contributed by atoms with E-state index in [0.29, 0.717) is 10.5 Å². The number of benzene rings is 1. The van der Waals surface area contributed by atoms with Crippen molar-refractivity contribution in [3.63, 3.8) is 0 Å². The molecule has 1 aromatic rings. The summed E-state index contributed by atoms with van der Waals surface area (Å²) in [6.07, 6.45) is 0. The Morgan fingerprint density at radius 1 is 1.14 bits per heavy atom. The van der Waals surface area contributed by atoms with Crippen molar-refractivity contribution in [1.82, 2.24) is 14.7 Å². The second-order valence-electron chi connectivity index (χ2n) is 5.84. The molecule has 9 nitrogen and oxygen atoms in total. The van der Waals surface area contributed by atoms with E-state index in [9.17, 15) is 28.0 Å². The Morgan fingerprint density at radius 2 is 1.79 bits per heavy atom. The number of imide groups is 2. The Morgan fingerprint density at radius 3 is 2.32 bits per heavy atom. The molecule has 28 heavy (non-hydrogen) atoms. The maximum absolute atomic E-state index is 12.4. The van der Waals surface area contributed by atoms with Crippen LogP contribution in [0.5, 0.6) is 11.5 Å². The summed E-state index contributed by atoms with van der Waals surface area (Å²) in [6, 6.07) is 3.34. The summed E-state index contributed by atoms with van der Waals surface area (Å²) in [5.41, 5.74) is 0.541. The molecule has 1 aliphatic rings. The third-order valence-corrected chi connectivity index (χ3v) is 4.03. The minimum absolute atomic E-state index is 0.0246. The number of nitrogens with zero attached hydrogens (tertiary/aromatic N) is 3. The number of hydrogen-bond acceptors (Lipinski definition) is 6. The number of methoxy groups -OCH3 is 1. The van der Waals surface area contributed by atoms with Gasteiger partial charge in [0.2, 0.25) is 5.91 Å². The number of hydrogen-bond donors (Lipinski definition) is 0. The van der Waals surface area contributed by atoms with E-state index < -0.39 is 36.9 Å². The lowest BCUT2D eigenvalue weighted by Gasteiger charge is -2.21. The highest BCUT2D eigenvalue weighted by molar-refractivity contribution is 6.45. The predicted octanol–water partition coefficient (Wildman–Crippen LogP) is 1.07. The summed E-state index contributed by atoms with van der Waals surface area (Å²) in [4.78, 5) is 50.5. The van der Waals surface area contributed by atoms with Crippen molar-refractivity contribution in [2.75, 3.05) is 27.2 Å². The van der Waals surface area contributed by atoms with Gasteiger partial charge in [0.25, 0.3) is 0 Å². The number of amides is 5. The van der Waals surface area contributed by atoms with E-state index in [-0.39, 0.29) is 24.6 Å². The second kappa shape index (κ2) is 8.63. The zero-order valence-corrected chi connectivity index (χ0v) is 15.5. The lowest BCUT2D eigenvalue weighted by molar-refractivity contribution is -0.144. The van der Waals surface area contributed by atoms with Gasteiger partial charge in [-0.1, -0.05) is 6.07 Å². The molecule has 0 atom stereocenters. The van der Waals surface area contributed by atoms with Crippen LogP contribution in [0, 0.1) is 0 Å². The molecule has 1 fully saturated rings. The number of rotatable bonds is 8. The number of likely N-dealkylation sites (N-methyl/N-ethyl adjacent to an activating group) is 2. The van der Waals surface area contributed by atoms with Crippen molar-refractivity contribution in [3.8, 4) is 11.5 Å². The number of carbonyl (C=O) groups excluding carboxylic acids is 4. The normalized spacial score (nSPS) is 14.1. The zero-order chi connectivity index (χ0) is 21.0. The van der Waals surface area contributed by atoms with E-state index in [1.54, 1.807) is 0 Å². The Labute approximate surface area is 159 Å². The number of urea groups is 1. The van der Waals surface area contributed by atoms with Gasteiger partial charge in [-0.25, -0.2) is 9.69 Å². The first kappa shape index (κ1) is 21.1. The van der Waals surface area contributed by atoms with Crippen LogP contribution in [0.2, 0.25) is 0 Å². The summed E-state index contributed by atoms with van der Waals surface area (Å²) in [7, 11) is 2.72. The molecule has 0 aromatic heterocycles. The third kappa shape index (κ3) is 4.35. The van der Waals surface area contributed by atoms with Crippen LogP contribution in [-0.4, -0.2) is 72.3 Å². The molecule has 1 aromatic carbocycles. The zero-order valence-electron chi connectivity index (χ0n) is 15.5. The fraction of sp³-hybridized carbons (Fsp3) is 0.412. The van der Waals surface area contributed by atoms with Crippen molar-refractivity contribution < 1.29 is 37.4 Å². The fourth-order valence-corrected chi connectivity index (χ4v) is 2.59. The fourth-order valence-electron chi connectivity index (χ4n) is 2.59. The maximum atomic E-state index is 12.4. The first-order valence-electron chi connectivity index (χ1n) is 8.22. The van der Waals surface area contributed by atoms with Gasteiger partial charge in [-0.05, 0) is 24.6 Å². The van der Waals surface area contributed by atoms with Crippen LogP contribution in [0.4, 0.5) is 13.6 Å². The molecule has 1 heterocycles. The van der Waals surface area contributed by atoms with E-state index in [2.05, 4.69) is 4.74 Å². The average Bonchev–Trinajstić information content (AvgIpc) is 2.85. The smallest absolute Gasteiger partial charge is 0.387 e. The standard InChI is InChI=1S/C17H19F2N3O6/c1-4-21-14(24)15(25)22(17(21)26)9-13(23)20(2)8-10-5-6-11(28-16(18)19)12(7-10)27-3/h5-7,16H,4,8-9H2,1-3H3. The molecule has 2 rings (SSSR count). The summed E-state index contributed by atoms with van der Waals surface area (Å²) in [5, 5.41) is 0. The molecule has 0 bridgehead atoms. The van der Waals surface area contributed by atoms with Crippen LogP contribution in [0.1, 0.15) is 12.5 Å². The van der Waals surface area contributed by atoms with Gasteiger partial charge in [0, 0.05) is 20.1 Å². The first-order chi connectivity index (χ1) is 13.2. The highest BCUT2D eigenvalue weighted by atomic mass is 19.3. The van der Waals surface area contributed by atoms with Gasteiger partial charge < -0.3 is 14.4 Å². The average molecular weight is 399 g/mol. The number of alkyl halides is 2. The molecule has 0 N–H and O–H groups in total. The molecule has 0 radical (unpaired) electrons. The Bertz CT molecular complexity index is 801. The van der Waals surface area contributed by atoms with Gasteiger partial charge >= 0.3 is 24.5 Å². The van der Waals surface area contributed by atoms with Crippen LogP contribution in [-0.2, 0) is 20.9 Å². The van der Waals surface area contributed by atoms with E-state index in [0.717, 1.165) is 4.90 Å². The molecule has 0 unspecified atom stereocenters. The lowest BCUT2D eigenvalue weighted by Crippen LogP contribution is -2.42. The van der Waals surface area contributed by atoms with Gasteiger partial charge in [0.05, 0.1) is 7.11 Å². The topological polar surface area (TPSA) is 96.5 Å². The van der Waals surface area contributed by atoms with E-state index in [1.807, 2.05) is 0 Å². The van der Waals surface area contributed by atoms with Gasteiger partial charge in [0.1, 0.15) is 6.54 Å². The van der Waals surface area contributed by atoms with Crippen LogP contribution >= 0.6 is 0 Å². The Balaban J connectivity index is 2.05. The Kier molecular flexibility index (Phi) is 6.49. The SMILES string of the molecule is CCN1C(=O)C(=O)N(CC(=O)N(C)Cc2ccc(OC(F)F)c(OC)c2)C1=O. The highest BCUT2D eigenvalue weighted by Crippen LogP contribution is 2.29. The van der Waals surface area contributed by atoms with E-state index in [1.165, 1.54) is 44.2 Å². The molecule has 5 amide bonds. The molecular weight excluding hydrogens is 380 g/mol. The largest absolute Gasteiger partial charge is 0.493 e. The van der Waals surface area contributed by atoms with Gasteiger partial charge in [-0.15, -0.1) is 0 Å². The molecule has 0 spiro atoms. The molecule has 0 saturated carbocycles. The second-order valence-corrected chi connectivity index (χ2v) is 5.84. The third-order valence-electron chi connectivity index (χ3n) is 4.03. The van der Waals surface area contributed by atoms with Crippen molar-refractivity contribution >= 4 is 23.8 Å². The monoisotopic (exact) mass is 399 g/mol. The maximum Gasteiger partial charge on any atom is 0.387 e. The summed E-state index contributed by atoms with van der Waals surface area (Å²) < 4.78 is 34.1. The quantitative estimate of drug-likeness (QED) is 0.479. The minimum atomic E-state index is -3.01. The predicted molar refractivity (Wildman–Crippen MR) is 90.6 cm³/mol. The molecule has 152 valence electrons. The van der Waals surface area contributed by atoms with Crippen LogP contribution < -0.4 is 9.47 Å². The van der Waals surface area contributed by atoms with Crippen molar-refractivity contribution in [3.05, 3.63) is 23.8 Å². The highest BCUT2D eigenvalue weighted by Gasteiger charge is 2.44. The van der Waals surface area contributed by atoms with E-state index >= 15 is 0 Å². The Hall–Kier alpha value is -3.24. The summed E-state index contributed by atoms with van der Waals surface area (Å²) >= 11 is 0. The van der Waals surface area contributed by atoms with Gasteiger partial charge in [0.15, 0.2) is 11.5 Å². The summed E-state index contributed by atoms with van der Waals surface area (Å²) in [5.74, 6) is -2.69. The van der Waals surface area contributed by atoms with Gasteiger partial charge in [-0.3, -0.25) is 19.3 Å². The van der Waals surface area contributed by atoms with Crippen molar-refractivity contribution in [2.24, 2.45) is 0 Å². The molecule has 1 saturated heterocycles. The molecule has 11 heteroatoms. The summed E-state index contributed by atoms with van der Waals surface area (Å²) in [6.45, 7) is -1.98. The molecule has 0 aliphatic carbocycles. The lowest BCUT2D eigenvalue weighted by atomic mass is 10.2. The van der Waals surface area contributed by atoms with Crippen LogP contribution in [0.3, 0.4) is 0 Å². The molecule has 1 aliphatic heterocycles. The van der Waals surface area contributed by atoms with Crippen LogP contribution in [0.15, 0.2) is 18.2 Å². The van der Waals surface area contributed by atoms with Crippen LogP contribution in [0.25, 0.3) is 0 Å². The van der Waals surface area contributed by atoms with Gasteiger partial charge in [-0.2, -0.15) is 8.78 Å². The van der Waals surface area contributed by atoms with E-state index in [4.69, 9.17) is 4.74 Å². The first-order valence-corrected chi connectivity index (χ1v) is 8.22. The number of ether oxygens (including phenoxy) is 2. The van der Waals surface area contributed by atoms with Crippen molar-refractivity contribution in [2.45, 2.75) is 20.1 Å². The minimum Gasteiger partial charge on any atom is -0.493 e. The number of halogens is 2. The number of carbonyl (C=O) groups is 4. The molecular formula is C17H19F2N3O6.